The van der Waals surface area contributed by atoms with Crippen molar-refractivity contribution in [2.24, 2.45) is 11.8 Å². The standard InChI is InChI=1S/C12H20/c1-5-9(3)12-10(4)7-8-11(12)6-2/h7-9,12H,5-6H2,1-4H3/t9-,12-/m1/s1. The molecule has 0 heteroatoms. The zero-order chi connectivity index (χ0) is 9.14. The first-order chi connectivity index (χ1) is 5.70. The van der Waals surface area contributed by atoms with Gasteiger partial charge in [-0.2, -0.15) is 0 Å². The van der Waals surface area contributed by atoms with Gasteiger partial charge >= 0.3 is 0 Å². The molecule has 0 aromatic rings. The van der Waals surface area contributed by atoms with Crippen LogP contribution in [0.15, 0.2) is 23.3 Å². The second-order valence-electron chi connectivity index (χ2n) is 3.87. The van der Waals surface area contributed by atoms with Crippen LogP contribution in [0.3, 0.4) is 0 Å². The molecule has 1 rings (SSSR count). The van der Waals surface area contributed by atoms with E-state index in [1.54, 1.807) is 11.1 Å². The van der Waals surface area contributed by atoms with E-state index in [1.165, 1.54) is 12.8 Å². The zero-order valence-corrected chi connectivity index (χ0v) is 8.72. The first-order valence-electron chi connectivity index (χ1n) is 5.07. The molecule has 2 atom stereocenters. The van der Waals surface area contributed by atoms with Gasteiger partial charge in [-0.3, -0.25) is 0 Å². The van der Waals surface area contributed by atoms with Crippen molar-refractivity contribution >= 4 is 0 Å². The smallest absolute Gasteiger partial charge is 0.00359 e. The number of hydrogen-bond acceptors (Lipinski definition) is 0. The normalized spacial score (nSPS) is 25.2. The molecule has 0 aliphatic heterocycles. The Hall–Kier alpha value is -0.520. The van der Waals surface area contributed by atoms with Crippen molar-refractivity contribution in [3.63, 3.8) is 0 Å². The largest absolute Gasteiger partial charge is 0.0659 e. The topological polar surface area (TPSA) is 0 Å². The van der Waals surface area contributed by atoms with Gasteiger partial charge in [-0.15, -0.1) is 0 Å². The van der Waals surface area contributed by atoms with E-state index >= 15 is 0 Å². The number of rotatable bonds is 3. The van der Waals surface area contributed by atoms with E-state index in [9.17, 15) is 0 Å². The molecule has 0 unspecified atom stereocenters. The van der Waals surface area contributed by atoms with Crippen molar-refractivity contribution in [3.8, 4) is 0 Å². The Kier molecular flexibility index (Phi) is 3.13. The Balaban J connectivity index is 2.73. The Morgan fingerprint density at radius 2 is 2.00 bits per heavy atom. The van der Waals surface area contributed by atoms with Gasteiger partial charge in [-0.05, 0) is 19.3 Å². The molecule has 0 saturated carbocycles. The minimum absolute atomic E-state index is 0.750. The molecule has 0 N–H and O–H groups in total. The van der Waals surface area contributed by atoms with Crippen molar-refractivity contribution in [2.45, 2.75) is 40.5 Å². The van der Waals surface area contributed by atoms with Gasteiger partial charge in [0.25, 0.3) is 0 Å². The minimum atomic E-state index is 0.750. The summed E-state index contributed by atoms with van der Waals surface area (Å²) in [7, 11) is 0. The first-order valence-corrected chi connectivity index (χ1v) is 5.07. The van der Waals surface area contributed by atoms with Crippen LogP contribution in [-0.4, -0.2) is 0 Å². The number of hydrogen-bond donors (Lipinski definition) is 0. The van der Waals surface area contributed by atoms with Gasteiger partial charge in [-0.1, -0.05) is 50.5 Å². The summed E-state index contributed by atoms with van der Waals surface area (Å²) in [5.74, 6) is 1.56. The molecule has 0 aromatic carbocycles. The fourth-order valence-electron chi connectivity index (χ4n) is 2.13. The summed E-state index contributed by atoms with van der Waals surface area (Å²) in [6.07, 6.45) is 7.10. The maximum atomic E-state index is 2.36. The van der Waals surface area contributed by atoms with Crippen LogP contribution in [0.5, 0.6) is 0 Å². The van der Waals surface area contributed by atoms with Gasteiger partial charge in [0.15, 0.2) is 0 Å². The highest BCUT2D eigenvalue weighted by Gasteiger charge is 2.23. The van der Waals surface area contributed by atoms with Crippen LogP contribution in [0.2, 0.25) is 0 Å². The molecule has 12 heavy (non-hydrogen) atoms. The lowest BCUT2D eigenvalue weighted by Gasteiger charge is -2.22. The van der Waals surface area contributed by atoms with E-state index in [-0.39, 0.29) is 0 Å². The lowest BCUT2D eigenvalue weighted by molar-refractivity contribution is 0.444. The van der Waals surface area contributed by atoms with E-state index in [0.717, 1.165) is 11.8 Å². The van der Waals surface area contributed by atoms with Crippen LogP contribution in [0.4, 0.5) is 0 Å². The van der Waals surface area contributed by atoms with Crippen LogP contribution in [0.1, 0.15) is 40.5 Å². The molecule has 0 aromatic heterocycles. The third-order valence-corrected chi connectivity index (χ3v) is 3.07. The Bertz CT molecular complexity index is 208. The van der Waals surface area contributed by atoms with Crippen LogP contribution >= 0.6 is 0 Å². The van der Waals surface area contributed by atoms with Gasteiger partial charge in [-0.25, -0.2) is 0 Å². The van der Waals surface area contributed by atoms with E-state index in [0.29, 0.717) is 0 Å². The first kappa shape index (κ1) is 9.57. The summed E-state index contributed by atoms with van der Waals surface area (Å²) < 4.78 is 0. The molecule has 1 aliphatic rings. The van der Waals surface area contributed by atoms with Gasteiger partial charge in [0.05, 0.1) is 0 Å². The summed E-state index contributed by atoms with van der Waals surface area (Å²) in [5.41, 5.74) is 3.18. The van der Waals surface area contributed by atoms with Crippen molar-refractivity contribution in [2.75, 3.05) is 0 Å². The molecule has 0 bridgehead atoms. The second kappa shape index (κ2) is 3.93. The molecular weight excluding hydrogens is 144 g/mol. The molecule has 0 radical (unpaired) electrons. The van der Waals surface area contributed by atoms with Crippen LogP contribution in [0, 0.1) is 11.8 Å². The van der Waals surface area contributed by atoms with E-state index < -0.39 is 0 Å². The summed E-state index contributed by atoms with van der Waals surface area (Å²) >= 11 is 0. The molecule has 0 saturated heterocycles. The van der Waals surface area contributed by atoms with Crippen molar-refractivity contribution in [1.82, 2.24) is 0 Å². The maximum Gasteiger partial charge on any atom is 0.00359 e. The lowest BCUT2D eigenvalue weighted by Crippen LogP contribution is -2.12. The van der Waals surface area contributed by atoms with Gasteiger partial charge < -0.3 is 0 Å². The van der Waals surface area contributed by atoms with Crippen molar-refractivity contribution in [1.29, 1.82) is 0 Å². The number of allylic oxidation sites excluding steroid dienone is 4. The van der Waals surface area contributed by atoms with Crippen molar-refractivity contribution < 1.29 is 0 Å². The molecule has 0 heterocycles. The Labute approximate surface area is 76.4 Å². The predicted octanol–water partition coefficient (Wildman–Crippen LogP) is 3.95. The SMILES string of the molecule is CCC1=CC=C(C)[C@H]1[C@H](C)CC. The zero-order valence-electron chi connectivity index (χ0n) is 8.72. The van der Waals surface area contributed by atoms with Crippen LogP contribution < -0.4 is 0 Å². The molecular formula is C12H20. The third-order valence-electron chi connectivity index (χ3n) is 3.07. The van der Waals surface area contributed by atoms with Crippen molar-refractivity contribution in [3.05, 3.63) is 23.3 Å². The minimum Gasteiger partial charge on any atom is -0.0659 e. The average molecular weight is 164 g/mol. The molecule has 1 aliphatic carbocycles. The van der Waals surface area contributed by atoms with Gasteiger partial charge in [0, 0.05) is 5.92 Å². The molecule has 0 amide bonds. The highest BCUT2D eigenvalue weighted by Crippen LogP contribution is 2.35. The predicted molar refractivity (Wildman–Crippen MR) is 55.1 cm³/mol. The molecule has 0 nitrogen and oxygen atoms in total. The molecule has 0 spiro atoms. The van der Waals surface area contributed by atoms with Crippen LogP contribution in [-0.2, 0) is 0 Å². The highest BCUT2D eigenvalue weighted by molar-refractivity contribution is 5.33. The monoisotopic (exact) mass is 164 g/mol. The van der Waals surface area contributed by atoms with Gasteiger partial charge in [0.1, 0.15) is 0 Å². The Morgan fingerprint density at radius 3 is 2.50 bits per heavy atom. The van der Waals surface area contributed by atoms with E-state index in [2.05, 4.69) is 39.8 Å². The summed E-state index contributed by atoms with van der Waals surface area (Å²) in [5, 5.41) is 0. The van der Waals surface area contributed by atoms with E-state index in [1.807, 2.05) is 0 Å². The summed E-state index contributed by atoms with van der Waals surface area (Å²) in [6.45, 7) is 9.16. The summed E-state index contributed by atoms with van der Waals surface area (Å²) in [6, 6.07) is 0. The molecule has 0 fully saturated rings. The summed E-state index contributed by atoms with van der Waals surface area (Å²) in [4.78, 5) is 0. The van der Waals surface area contributed by atoms with Gasteiger partial charge in [0.2, 0.25) is 0 Å². The van der Waals surface area contributed by atoms with Crippen LogP contribution in [0.25, 0.3) is 0 Å². The second-order valence-corrected chi connectivity index (χ2v) is 3.87. The molecule has 68 valence electrons. The average Bonchev–Trinajstić information content (AvgIpc) is 2.45. The fraction of sp³-hybridized carbons (Fsp3) is 0.667. The quantitative estimate of drug-likeness (QED) is 0.592. The lowest BCUT2D eigenvalue weighted by atomic mass is 9.82. The Morgan fingerprint density at radius 1 is 1.33 bits per heavy atom. The highest BCUT2D eigenvalue weighted by atomic mass is 14.3. The third kappa shape index (κ3) is 1.63. The van der Waals surface area contributed by atoms with E-state index in [4.69, 9.17) is 0 Å². The fourth-order valence-corrected chi connectivity index (χ4v) is 2.13. The maximum absolute atomic E-state index is 2.36.